The lowest BCUT2D eigenvalue weighted by atomic mass is 10.1. The maximum Gasteiger partial charge on any atom is 0.475 e. The Morgan fingerprint density at radius 1 is 1.17 bits per heavy atom. The average molecular weight is 383 g/mol. The van der Waals surface area contributed by atoms with Crippen LogP contribution in [0.15, 0.2) is 0 Å². The van der Waals surface area contributed by atoms with Crippen LogP contribution in [-0.4, -0.2) is 54.7 Å². The van der Waals surface area contributed by atoms with E-state index in [1.807, 2.05) is 7.05 Å². The topological polar surface area (TPSA) is 65.1 Å². The van der Waals surface area contributed by atoms with Gasteiger partial charge in [0.05, 0.1) is 18.8 Å². The molecular weight excluding hydrogens is 349 g/mol. The van der Waals surface area contributed by atoms with Crippen molar-refractivity contribution in [3.63, 3.8) is 0 Å². The fourth-order valence-corrected chi connectivity index (χ4v) is 3.71. The van der Waals surface area contributed by atoms with Gasteiger partial charge in [0.25, 0.3) is 0 Å². The third kappa shape index (κ3) is 14.4. The summed E-state index contributed by atoms with van der Waals surface area (Å²) in [6, 6.07) is 0. The molecule has 144 valence electrons. The standard InChI is InChI=1S/C16H34NO5PS/c1-14(2)8-9-17(7)10-11-20-23(19,22-16(4,5)6)21-12-13-24-15(3)18/h14H,8-13H2,1-7H3. The lowest BCUT2D eigenvalue weighted by molar-refractivity contribution is -0.109. The van der Waals surface area contributed by atoms with Crippen molar-refractivity contribution in [2.45, 2.75) is 53.6 Å². The summed E-state index contributed by atoms with van der Waals surface area (Å²) in [7, 11) is -1.64. The van der Waals surface area contributed by atoms with E-state index in [0.717, 1.165) is 24.7 Å². The number of carbonyl (C=O) groups is 1. The number of likely N-dealkylation sites (N-methyl/N-ethyl adjacent to an activating group) is 1. The first-order valence-electron chi connectivity index (χ1n) is 8.35. The molecule has 6 nitrogen and oxygen atoms in total. The number of nitrogens with zero attached hydrogens (tertiary/aromatic N) is 1. The lowest BCUT2D eigenvalue weighted by Gasteiger charge is -2.27. The molecule has 1 atom stereocenters. The molecular formula is C16H34NO5PS. The Morgan fingerprint density at radius 2 is 1.75 bits per heavy atom. The van der Waals surface area contributed by atoms with E-state index < -0.39 is 13.4 Å². The first-order valence-corrected chi connectivity index (χ1v) is 10.8. The molecule has 0 amide bonds. The Hall–Kier alpha value is 0.0900. The average Bonchev–Trinajstić information content (AvgIpc) is 2.39. The van der Waals surface area contributed by atoms with Gasteiger partial charge < -0.3 is 4.90 Å². The zero-order valence-corrected chi connectivity index (χ0v) is 17.9. The van der Waals surface area contributed by atoms with Gasteiger partial charge in [-0.15, -0.1) is 0 Å². The number of carbonyl (C=O) groups excluding carboxylic acids is 1. The minimum atomic E-state index is -3.65. The van der Waals surface area contributed by atoms with Crippen LogP contribution in [0.5, 0.6) is 0 Å². The Bertz CT molecular complexity index is 412. The van der Waals surface area contributed by atoms with Gasteiger partial charge in [-0.2, -0.15) is 0 Å². The van der Waals surface area contributed by atoms with Crippen molar-refractivity contribution >= 4 is 24.7 Å². The summed E-state index contributed by atoms with van der Waals surface area (Å²) >= 11 is 1.12. The van der Waals surface area contributed by atoms with Crippen molar-refractivity contribution in [1.29, 1.82) is 0 Å². The summed E-state index contributed by atoms with van der Waals surface area (Å²) in [4.78, 5) is 13.1. The zero-order valence-electron chi connectivity index (χ0n) is 16.2. The van der Waals surface area contributed by atoms with Gasteiger partial charge in [-0.3, -0.25) is 18.4 Å². The fourth-order valence-electron chi connectivity index (χ4n) is 1.66. The third-order valence-corrected chi connectivity index (χ3v) is 5.38. The van der Waals surface area contributed by atoms with Crippen molar-refractivity contribution in [3.05, 3.63) is 0 Å². The van der Waals surface area contributed by atoms with Gasteiger partial charge in [0.15, 0.2) is 5.12 Å². The van der Waals surface area contributed by atoms with Crippen molar-refractivity contribution in [2.75, 3.05) is 39.1 Å². The van der Waals surface area contributed by atoms with Crippen LogP contribution in [0, 0.1) is 5.92 Å². The van der Waals surface area contributed by atoms with E-state index in [2.05, 4.69) is 18.7 Å². The number of rotatable bonds is 12. The second-order valence-corrected chi connectivity index (χ2v) is 10.0. The van der Waals surface area contributed by atoms with Gasteiger partial charge >= 0.3 is 7.82 Å². The van der Waals surface area contributed by atoms with E-state index >= 15 is 0 Å². The van der Waals surface area contributed by atoms with Crippen molar-refractivity contribution < 1.29 is 22.9 Å². The molecule has 1 unspecified atom stereocenters. The molecule has 0 aromatic rings. The maximum atomic E-state index is 12.7. The molecule has 0 rings (SSSR count). The Labute approximate surface area is 151 Å². The van der Waals surface area contributed by atoms with Crippen LogP contribution >= 0.6 is 19.6 Å². The Morgan fingerprint density at radius 3 is 2.25 bits per heavy atom. The minimum Gasteiger partial charge on any atom is -0.304 e. The summed E-state index contributed by atoms with van der Waals surface area (Å²) in [5.74, 6) is 1.07. The number of phosphoric ester groups is 1. The van der Waals surface area contributed by atoms with Gasteiger partial charge in [-0.1, -0.05) is 25.6 Å². The largest absolute Gasteiger partial charge is 0.475 e. The highest BCUT2D eigenvalue weighted by atomic mass is 32.2. The minimum absolute atomic E-state index is 0.00197. The summed E-state index contributed by atoms with van der Waals surface area (Å²) in [5.41, 5.74) is -0.646. The molecule has 0 fully saturated rings. The van der Waals surface area contributed by atoms with Crippen LogP contribution < -0.4 is 0 Å². The van der Waals surface area contributed by atoms with Crippen LogP contribution in [-0.2, 0) is 22.9 Å². The summed E-state index contributed by atoms with van der Waals surface area (Å²) < 4.78 is 29.1. The highest BCUT2D eigenvalue weighted by Crippen LogP contribution is 2.52. The number of phosphoric acid groups is 1. The number of hydrogen-bond donors (Lipinski definition) is 0. The first-order chi connectivity index (χ1) is 10.9. The van der Waals surface area contributed by atoms with Crippen LogP contribution in [0.25, 0.3) is 0 Å². The highest BCUT2D eigenvalue weighted by Gasteiger charge is 2.32. The summed E-state index contributed by atoms with van der Waals surface area (Å²) in [6.07, 6.45) is 1.10. The highest BCUT2D eigenvalue weighted by molar-refractivity contribution is 8.13. The SMILES string of the molecule is CC(=O)SCCOP(=O)(OCCN(C)CCC(C)C)OC(C)(C)C. The smallest absolute Gasteiger partial charge is 0.304 e. The maximum absolute atomic E-state index is 12.7. The van der Waals surface area contributed by atoms with Crippen molar-refractivity contribution in [1.82, 2.24) is 4.90 Å². The monoisotopic (exact) mass is 383 g/mol. The molecule has 0 aromatic carbocycles. The number of hydrogen-bond acceptors (Lipinski definition) is 7. The predicted octanol–water partition coefficient (Wildman–Crippen LogP) is 4.20. The summed E-state index contributed by atoms with van der Waals surface area (Å²) in [6.45, 7) is 13.3. The van der Waals surface area contributed by atoms with E-state index in [9.17, 15) is 9.36 Å². The second-order valence-electron chi connectivity index (χ2n) is 7.14. The van der Waals surface area contributed by atoms with Gasteiger partial charge in [0.1, 0.15) is 0 Å². The van der Waals surface area contributed by atoms with E-state index in [1.54, 1.807) is 20.8 Å². The third-order valence-electron chi connectivity index (χ3n) is 2.83. The molecule has 0 heterocycles. The molecule has 0 saturated carbocycles. The van der Waals surface area contributed by atoms with Crippen molar-refractivity contribution in [3.8, 4) is 0 Å². The number of thioether (sulfide) groups is 1. The molecule has 24 heavy (non-hydrogen) atoms. The molecule has 0 spiro atoms. The molecule has 0 radical (unpaired) electrons. The fraction of sp³-hybridized carbons (Fsp3) is 0.938. The van der Waals surface area contributed by atoms with E-state index in [1.165, 1.54) is 6.92 Å². The van der Waals surface area contributed by atoms with Crippen LogP contribution in [0.2, 0.25) is 0 Å². The van der Waals surface area contributed by atoms with E-state index in [0.29, 0.717) is 18.2 Å². The van der Waals surface area contributed by atoms with Crippen LogP contribution in [0.1, 0.15) is 48.0 Å². The van der Waals surface area contributed by atoms with Crippen molar-refractivity contribution in [2.24, 2.45) is 5.92 Å². The molecule has 0 aliphatic heterocycles. The van der Waals surface area contributed by atoms with Gasteiger partial charge in [-0.05, 0) is 46.7 Å². The van der Waals surface area contributed by atoms with Gasteiger partial charge in [0, 0.05) is 19.2 Å². The lowest BCUT2D eigenvalue weighted by Crippen LogP contribution is -2.26. The molecule has 0 saturated heterocycles. The zero-order chi connectivity index (χ0) is 18.8. The predicted molar refractivity (Wildman–Crippen MR) is 100 cm³/mol. The molecule has 0 bridgehead atoms. The quantitative estimate of drug-likeness (QED) is 0.370. The van der Waals surface area contributed by atoms with Gasteiger partial charge in [-0.25, -0.2) is 4.57 Å². The van der Waals surface area contributed by atoms with Crippen LogP contribution in [0.3, 0.4) is 0 Å². The van der Waals surface area contributed by atoms with Gasteiger partial charge in [0.2, 0.25) is 0 Å². The van der Waals surface area contributed by atoms with E-state index in [4.69, 9.17) is 13.6 Å². The van der Waals surface area contributed by atoms with Crippen LogP contribution in [0.4, 0.5) is 0 Å². The van der Waals surface area contributed by atoms with E-state index in [-0.39, 0.29) is 18.3 Å². The molecule has 0 N–H and O–H groups in total. The Kier molecular flexibility index (Phi) is 11.7. The second kappa shape index (κ2) is 11.7. The molecule has 0 aliphatic carbocycles. The first kappa shape index (κ1) is 24.1. The Balaban J connectivity index is 4.39. The molecule has 0 aromatic heterocycles. The summed E-state index contributed by atoms with van der Waals surface area (Å²) in [5, 5.41) is -0.00197. The molecule has 8 heteroatoms. The normalized spacial score (nSPS) is 15.0. The molecule has 0 aliphatic rings.